The van der Waals surface area contributed by atoms with E-state index in [0.29, 0.717) is 12.3 Å². The molecule has 1 saturated carbocycles. The highest BCUT2D eigenvalue weighted by atomic mass is 32.2. The van der Waals surface area contributed by atoms with E-state index in [4.69, 9.17) is 14.0 Å². The lowest BCUT2D eigenvalue weighted by Gasteiger charge is -2.35. The summed E-state index contributed by atoms with van der Waals surface area (Å²) < 4.78 is 55.0. The molecule has 146 valence electrons. The van der Waals surface area contributed by atoms with Crippen molar-refractivity contribution in [2.24, 2.45) is 5.92 Å². The Bertz CT molecular complexity index is 742. The summed E-state index contributed by atoms with van der Waals surface area (Å²) >= 11 is 0. The Morgan fingerprint density at radius 2 is 2.00 bits per heavy atom. The number of benzene rings is 1. The van der Waals surface area contributed by atoms with Gasteiger partial charge in [0.05, 0.1) is 5.56 Å². The van der Waals surface area contributed by atoms with E-state index in [9.17, 15) is 17.6 Å². The molecule has 1 unspecified atom stereocenters. The standard InChI is InChI=1S/C18H25FO6S/c1-3-18(2,14-6-4-5-7-14)25-16-12-13(8-9-15(16)19)17(20)24-10-11-26(21,22)23/h8-9,12,14H,3-7,10-11H2,1-2H3,(H,21,22,23). The molecule has 0 spiro atoms. The quantitative estimate of drug-likeness (QED) is 0.540. The molecular weight excluding hydrogens is 363 g/mol. The Morgan fingerprint density at radius 3 is 2.58 bits per heavy atom. The van der Waals surface area contributed by atoms with Crippen molar-refractivity contribution < 1.29 is 31.6 Å². The lowest BCUT2D eigenvalue weighted by atomic mass is 9.85. The Morgan fingerprint density at radius 1 is 1.35 bits per heavy atom. The maximum Gasteiger partial charge on any atom is 0.338 e. The molecule has 2 rings (SSSR count). The largest absolute Gasteiger partial charge is 0.484 e. The molecule has 6 nitrogen and oxygen atoms in total. The van der Waals surface area contributed by atoms with Gasteiger partial charge in [-0.05, 0) is 50.3 Å². The summed E-state index contributed by atoms with van der Waals surface area (Å²) in [5.74, 6) is -1.77. The molecule has 0 saturated heterocycles. The number of rotatable bonds is 8. The third kappa shape index (κ3) is 5.41. The van der Waals surface area contributed by atoms with Crippen molar-refractivity contribution in [1.82, 2.24) is 0 Å². The van der Waals surface area contributed by atoms with Crippen molar-refractivity contribution in [3.63, 3.8) is 0 Å². The van der Waals surface area contributed by atoms with Crippen LogP contribution in [0.5, 0.6) is 5.75 Å². The Balaban J connectivity index is 2.12. The minimum Gasteiger partial charge on any atom is -0.484 e. The number of halogens is 1. The van der Waals surface area contributed by atoms with Crippen molar-refractivity contribution in [1.29, 1.82) is 0 Å². The number of carbonyl (C=O) groups excluding carboxylic acids is 1. The van der Waals surface area contributed by atoms with Crippen LogP contribution >= 0.6 is 0 Å². The topological polar surface area (TPSA) is 89.9 Å². The summed E-state index contributed by atoms with van der Waals surface area (Å²) in [6.45, 7) is 3.46. The smallest absolute Gasteiger partial charge is 0.338 e. The molecule has 0 amide bonds. The number of hydrogen-bond acceptors (Lipinski definition) is 5. The molecule has 1 aliphatic rings. The van der Waals surface area contributed by atoms with Crippen LogP contribution in [0.25, 0.3) is 0 Å². The van der Waals surface area contributed by atoms with Gasteiger partial charge in [0, 0.05) is 0 Å². The summed E-state index contributed by atoms with van der Waals surface area (Å²) in [5.41, 5.74) is -0.466. The average Bonchev–Trinajstić information content (AvgIpc) is 3.10. The van der Waals surface area contributed by atoms with E-state index in [0.717, 1.165) is 31.7 Å². The van der Waals surface area contributed by atoms with Crippen molar-refractivity contribution in [2.75, 3.05) is 12.4 Å². The summed E-state index contributed by atoms with van der Waals surface area (Å²) in [6, 6.07) is 3.64. The van der Waals surface area contributed by atoms with Gasteiger partial charge in [-0.25, -0.2) is 9.18 Å². The van der Waals surface area contributed by atoms with E-state index in [2.05, 4.69) is 0 Å². The predicted octanol–water partition coefficient (Wildman–Crippen LogP) is 3.61. The summed E-state index contributed by atoms with van der Waals surface area (Å²) in [7, 11) is -4.22. The van der Waals surface area contributed by atoms with E-state index in [1.165, 1.54) is 12.1 Å². The van der Waals surface area contributed by atoms with Gasteiger partial charge in [-0.15, -0.1) is 0 Å². The normalized spacial score (nSPS) is 17.7. The molecule has 1 N–H and O–H groups in total. The van der Waals surface area contributed by atoms with Gasteiger partial charge in [-0.1, -0.05) is 19.8 Å². The van der Waals surface area contributed by atoms with E-state index in [1.807, 2.05) is 13.8 Å². The molecule has 26 heavy (non-hydrogen) atoms. The van der Waals surface area contributed by atoms with Gasteiger partial charge >= 0.3 is 5.97 Å². The summed E-state index contributed by atoms with van der Waals surface area (Å²) in [4.78, 5) is 12.0. The van der Waals surface area contributed by atoms with Crippen molar-refractivity contribution in [3.05, 3.63) is 29.6 Å². The van der Waals surface area contributed by atoms with E-state index in [-0.39, 0.29) is 11.3 Å². The fourth-order valence-electron chi connectivity index (χ4n) is 3.26. The number of carbonyl (C=O) groups is 1. The first-order valence-corrected chi connectivity index (χ1v) is 10.4. The molecule has 1 aromatic rings. The fourth-order valence-corrected chi connectivity index (χ4v) is 3.56. The molecule has 1 fully saturated rings. The zero-order valence-electron chi connectivity index (χ0n) is 15.0. The molecule has 0 aliphatic heterocycles. The van der Waals surface area contributed by atoms with Gasteiger partial charge < -0.3 is 9.47 Å². The van der Waals surface area contributed by atoms with Crippen LogP contribution in [-0.4, -0.2) is 36.9 Å². The van der Waals surface area contributed by atoms with Crippen molar-refractivity contribution in [3.8, 4) is 5.75 Å². The van der Waals surface area contributed by atoms with Gasteiger partial charge in [-0.3, -0.25) is 4.55 Å². The predicted molar refractivity (Wildman–Crippen MR) is 94.4 cm³/mol. The van der Waals surface area contributed by atoms with E-state index >= 15 is 0 Å². The summed E-state index contributed by atoms with van der Waals surface area (Å²) in [6.07, 6.45) is 5.03. The van der Waals surface area contributed by atoms with Gasteiger partial charge in [0.2, 0.25) is 0 Å². The lowest BCUT2D eigenvalue weighted by Crippen LogP contribution is -2.39. The van der Waals surface area contributed by atoms with Gasteiger partial charge in [0.25, 0.3) is 10.1 Å². The number of hydrogen-bond donors (Lipinski definition) is 1. The van der Waals surface area contributed by atoms with Gasteiger partial charge in [0.1, 0.15) is 18.0 Å². The first-order chi connectivity index (χ1) is 12.1. The van der Waals surface area contributed by atoms with Crippen LogP contribution in [0, 0.1) is 11.7 Å². The fraction of sp³-hybridized carbons (Fsp3) is 0.611. The Labute approximate surface area is 153 Å². The molecule has 0 radical (unpaired) electrons. The van der Waals surface area contributed by atoms with Crippen LogP contribution in [0.4, 0.5) is 4.39 Å². The van der Waals surface area contributed by atoms with Crippen LogP contribution in [0.2, 0.25) is 0 Å². The number of ether oxygens (including phenoxy) is 2. The zero-order valence-corrected chi connectivity index (χ0v) is 15.9. The van der Waals surface area contributed by atoms with Crippen LogP contribution in [0.3, 0.4) is 0 Å². The molecule has 1 aliphatic carbocycles. The van der Waals surface area contributed by atoms with E-state index < -0.39 is 39.9 Å². The molecule has 0 heterocycles. The first kappa shape index (κ1) is 20.6. The zero-order chi connectivity index (χ0) is 19.4. The van der Waals surface area contributed by atoms with Crippen molar-refractivity contribution in [2.45, 2.75) is 51.6 Å². The van der Waals surface area contributed by atoms with Crippen LogP contribution < -0.4 is 4.74 Å². The number of esters is 1. The van der Waals surface area contributed by atoms with Gasteiger partial charge in [0.15, 0.2) is 11.6 Å². The Kier molecular flexibility index (Phi) is 6.63. The second-order valence-electron chi connectivity index (χ2n) is 6.82. The molecule has 0 aromatic heterocycles. The second kappa shape index (κ2) is 8.35. The maximum atomic E-state index is 14.2. The van der Waals surface area contributed by atoms with Crippen LogP contribution in [0.1, 0.15) is 56.3 Å². The Hall–Kier alpha value is -1.67. The van der Waals surface area contributed by atoms with Gasteiger partial charge in [-0.2, -0.15) is 8.42 Å². The maximum absolute atomic E-state index is 14.2. The highest BCUT2D eigenvalue weighted by molar-refractivity contribution is 7.85. The van der Waals surface area contributed by atoms with Crippen LogP contribution in [0.15, 0.2) is 18.2 Å². The third-order valence-electron chi connectivity index (χ3n) is 5.01. The average molecular weight is 388 g/mol. The molecule has 0 bridgehead atoms. The first-order valence-electron chi connectivity index (χ1n) is 8.75. The highest BCUT2D eigenvalue weighted by Crippen LogP contribution is 2.39. The minimum atomic E-state index is -4.22. The van der Waals surface area contributed by atoms with Crippen molar-refractivity contribution >= 4 is 16.1 Å². The molecule has 1 atom stereocenters. The van der Waals surface area contributed by atoms with E-state index in [1.54, 1.807) is 0 Å². The minimum absolute atomic E-state index is 0.0227. The lowest BCUT2D eigenvalue weighted by molar-refractivity contribution is 0.0203. The molecule has 1 aromatic carbocycles. The highest BCUT2D eigenvalue weighted by Gasteiger charge is 2.37. The molecule has 8 heteroatoms. The second-order valence-corrected chi connectivity index (χ2v) is 8.39. The SMILES string of the molecule is CCC(C)(Oc1cc(C(=O)OCCS(=O)(=O)O)ccc1F)C1CCCC1. The molecular formula is C18H25FO6S. The monoisotopic (exact) mass is 388 g/mol. The van der Waals surface area contributed by atoms with Crippen LogP contribution in [-0.2, 0) is 14.9 Å². The third-order valence-corrected chi connectivity index (χ3v) is 5.69. The summed E-state index contributed by atoms with van der Waals surface area (Å²) in [5, 5.41) is 0.